The van der Waals surface area contributed by atoms with Crippen LogP contribution in [0.25, 0.3) is 0 Å². The minimum absolute atomic E-state index is 0.293. The first-order valence-corrected chi connectivity index (χ1v) is 10.7. The zero-order valence-corrected chi connectivity index (χ0v) is 15.8. The molecule has 0 heterocycles. The molecular weight excluding hydrogens is 397 g/mol. The lowest BCUT2D eigenvalue weighted by Crippen LogP contribution is -2.27. The molecule has 0 N–H and O–H groups in total. The molecular formula is C16H16ClF3O3S2. The van der Waals surface area contributed by atoms with Gasteiger partial charge in [-0.05, 0) is 59.5 Å². The first-order chi connectivity index (χ1) is 11.5. The molecule has 0 amide bonds. The first-order valence-electron chi connectivity index (χ1n) is 7.05. The molecule has 2 aromatic rings. The quantitative estimate of drug-likeness (QED) is 0.480. The van der Waals surface area contributed by atoms with Crippen LogP contribution in [0.2, 0.25) is 0 Å². The molecule has 0 aliphatic carbocycles. The third kappa shape index (κ3) is 3.97. The predicted molar refractivity (Wildman–Crippen MR) is 93.3 cm³/mol. The molecule has 2 rings (SSSR count). The predicted octanol–water partition coefficient (Wildman–Crippen LogP) is 5.50. The lowest BCUT2D eigenvalue weighted by atomic mass is 10.1. The van der Waals surface area contributed by atoms with E-state index < -0.39 is 31.1 Å². The third-order valence-electron chi connectivity index (χ3n) is 3.63. The van der Waals surface area contributed by atoms with E-state index in [1.54, 1.807) is 43.3 Å². The summed E-state index contributed by atoms with van der Waals surface area (Å²) >= 11 is 6.02. The molecule has 1 unspecified atom stereocenters. The van der Waals surface area contributed by atoms with Crippen LogP contribution in [0.15, 0.2) is 58.3 Å². The fourth-order valence-corrected chi connectivity index (χ4v) is 7.27. The molecule has 0 aromatic heterocycles. The number of halogens is 4. The molecule has 0 saturated heterocycles. The number of rotatable bonds is 5. The highest BCUT2D eigenvalue weighted by molar-refractivity contribution is 8.33. The van der Waals surface area contributed by atoms with E-state index in [0.29, 0.717) is 9.79 Å². The molecule has 2 aromatic carbocycles. The van der Waals surface area contributed by atoms with Crippen LogP contribution in [0.3, 0.4) is 0 Å². The lowest BCUT2D eigenvalue weighted by Gasteiger charge is -2.37. The van der Waals surface area contributed by atoms with E-state index in [1.165, 1.54) is 12.1 Å². The maximum atomic E-state index is 12.9. The van der Waals surface area contributed by atoms with Gasteiger partial charge in [0, 0.05) is 9.79 Å². The average Bonchev–Trinajstić information content (AvgIpc) is 2.55. The van der Waals surface area contributed by atoms with Gasteiger partial charge in [0.05, 0.1) is 5.21 Å². The Morgan fingerprint density at radius 1 is 0.960 bits per heavy atom. The van der Waals surface area contributed by atoms with Gasteiger partial charge < -0.3 is 0 Å². The molecule has 138 valence electrons. The smallest absolute Gasteiger partial charge is 0.203 e. The summed E-state index contributed by atoms with van der Waals surface area (Å²) in [5.41, 5.74) is -3.83. The van der Waals surface area contributed by atoms with Crippen LogP contribution in [0, 0.1) is 13.8 Å². The second-order valence-corrected chi connectivity index (χ2v) is 10.4. The van der Waals surface area contributed by atoms with Crippen molar-refractivity contribution < 1.29 is 25.2 Å². The van der Waals surface area contributed by atoms with Crippen molar-refractivity contribution in [3.63, 3.8) is 0 Å². The van der Waals surface area contributed by atoms with Crippen molar-refractivity contribution in [1.29, 1.82) is 0 Å². The van der Waals surface area contributed by atoms with Crippen molar-refractivity contribution in [3.05, 3.63) is 59.7 Å². The number of benzene rings is 2. The monoisotopic (exact) mass is 412 g/mol. The summed E-state index contributed by atoms with van der Waals surface area (Å²) in [6, 6.07) is 12.7. The number of hydrogen-bond donors (Lipinski definition) is 0. The van der Waals surface area contributed by atoms with Crippen molar-refractivity contribution in [2.75, 3.05) is 5.21 Å². The second kappa shape index (κ2) is 7.19. The fraction of sp³-hybridized carbons (Fsp3) is 0.250. The molecule has 1 atom stereocenters. The highest BCUT2D eigenvalue weighted by Crippen LogP contribution is 2.66. The normalized spacial score (nSPS) is 16.2. The van der Waals surface area contributed by atoms with Gasteiger partial charge in [-0.25, -0.2) is 3.63 Å². The van der Waals surface area contributed by atoms with Gasteiger partial charge in [-0.1, -0.05) is 24.3 Å². The van der Waals surface area contributed by atoms with Gasteiger partial charge in [0.2, 0.25) is 0 Å². The van der Waals surface area contributed by atoms with Crippen LogP contribution in [0.4, 0.5) is 13.2 Å². The Balaban J connectivity index is 2.73. The Bertz CT molecular complexity index is 855. The number of hydrogen-bond acceptors (Lipinski definition) is 3. The summed E-state index contributed by atoms with van der Waals surface area (Å²) in [5.74, 6) is 0. The van der Waals surface area contributed by atoms with Gasteiger partial charge in [-0.15, -0.1) is 11.6 Å². The van der Waals surface area contributed by atoms with Crippen LogP contribution < -0.4 is 0 Å². The van der Waals surface area contributed by atoms with Crippen LogP contribution in [-0.2, 0) is 13.7 Å². The highest BCUT2D eigenvalue weighted by atomic mass is 35.5. The van der Waals surface area contributed by atoms with E-state index in [9.17, 15) is 21.6 Å². The number of alkyl halides is 4. The van der Waals surface area contributed by atoms with Crippen LogP contribution in [0.5, 0.6) is 0 Å². The van der Waals surface area contributed by atoms with E-state index >= 15 is 0 Å². The van der Waals surface area contributed by atoms with Gasteiger partial charge >= 0.3 is 15.6 Å². The standard InChI is InChI=1S/C16H16ClF3O3S2/c1-12-8-9-15(10-13(12)2)24(11-17,14-6-4-3-5-7-14)23-25(21,22)16(18,19)20/h3-10H,11H2,1-2H3. The summed E-state index contributed by atoms with van der Waals surface area (Å²) in [7, 11) is -8.95. The molecule has 0 radical (unpaired) electrons. The molecule has 3 nitrogen and oxygen atoms in total. The summed E-state index contributed by atoms with van der Waals surface area (Å²) in [6.45, 7) is 3.62. The van der Waals surface area contributed by atoms with E-state index in [0.717, 1.165) is 11.1 Å². The summed E-state index contributed by atoms with van der Waals surface area (Å²) in [5, 5.41) is -0.436. The van der Waals surface area contributed by atoms with Crippen molar-refractivity contribution in [3.8, 4) is 0 Å². The molecule has 0 fully saturated rings. The lowest BCUT2D eigenvalue weighted by molar-refractivity contribution is -0.0496. The fourth-order valence-electron chi connectivity index (χ4n) is 2.11. The molecule has 0 aliphatic heterocycles. The van der Waals surface area contributed by atoms with Gasteiger partial charge in [-0.3, -0.25) is 0 Å². The van der Waals surface area contributed by atoms with Gasteiger partial charge in [0.15, 0.2) is 0 Å². The molecule has 0 spiro atoms. The summed E-state index contributed by atoms with van der Waals surface area (Å²) < 4.78 is 67.1. The first kappa shape index (κ1) is 20.1. The molecule has 9 heteroatoms. The molecule has 25 heavy (non-hydrogen) atoms. The van der Waals surface area contributed by atoms with Crippen LogP contribution >= 0.6 is 21.9 Å². The summed E-state index contributed by atoms with van der Waals surface area (Å²) in [6.07, 6.45) is 0. The second-order valence-electron chi connectivity index (χ2n) is 5.31. The minimum atomic E-state index is -5.83. The van der Waals surface area contributed by atoms with E-state index in [2.05, 4.69) is 0 Å². The zero-order valence-electron chi connectivity index (χ0n) is 13.4. The highest BCUT2D eigenvalue weighted by Gasteiger charge is 2.51. The number of aryl methyl sites for hydroxylation is 2. The average molecular weight is 413 g/mol. The van der Waals surface area contributed by atoms with Gasteiger partial charge in [0.1, 0.15) is 0 Å². The SMILES string of the molecule is Cc1ccc(S(CCl)(OS(=O)(=O)C(F)(F)F)c2ccccc2)cc1C. The van der Waals surface area contributed by atoms with Crippen molar-refractivity contribution in [1.82, 2.24) is 0 Å². The zero-order chi connectivity index (χ0) is 18.9. The van der Waals surface area contributed by atoms with E-state index in [-0.39, 0.29) is 0 Å². The van der Waals surface area contributed by atoms with Crippen LogP contribution in [-0.4, -0.2) is 19.1 Å². The summed E-state index contributed by atoms with van der Waals surface area (Å²) in [4.78, 5) is 0.603. The van der Waals surface area contributed by atoms with Crippen molar-refractivity contribution in [2.45, 2.75) is 29.1 Å². The maximum absolute atomic E-state index is 12.9. The third-order valence-corrected chi connectivity index (χ3v) is 9.12. The Kier molecular flexibility index (Phi) is 5.78. The Morgan fingerprint density at radius 3 is 2.04 bits per heavy atom. The van der Waals surface area contributed by atoms with Gasteiger partial charge in [-0.2, -0.15) is 21.6 Å². The molecule has 0 saturated carbocycles. The van der Waals surface area contributed by atoms with Crippen molar-refractivity contribution >= 4 is 32.0 Å². The van der Waals surface area contributed by atoms with Gasteiger partial charge in [0.25, 0.3) is 0 Å². The van der Waals surface area contributed by atoms with E-state index in [1.807, 2.05) is 6.92 Å². The Hall–Kier alpha value is -1.22. The topological polar surface area (TPSA) is 43.4 Å². The van der Waals surface area contributed by atoms with Crippen molar-refractivity contribution in [2.24, 2.45) is 0 Å². The Labute approximate surface area is 151 Å². The largest absolute Gasteiger partial charge is 0.523 e. The minimum Gasteiger partial charge on any atom is -0.203 e. The van der Waals surface area contributed by atoms with E-state index in [4.69, 9.17) is 15.2 Å². The molecule has 0 bridgehead atoms. The Morgan fingerprint density at radius 2 is 1.56 bits per heavy atom. The maximum Gasteiger partial charge on any atom is 0.523 e. The molecule has 0 aliphatic rings. The van der Waals surface area contributed by atoms with Crippen LogP contribution in [0.1, 0.15) is 11.1 Å².